The number of carboxylic acid groups (broad SMARTS) is 1. The molecule has 0 N–H and O–H groups in total. The second-order valence-corrected chi connectivity index (χ2v) is 4.44. The lowest BCUT2D eigenvalue weighted by Crippen LogP contribution is -2.49. The number of rotatable bonds is 6. The van der Waals surface area contributed by atoms with E-state index in [0.717, 1.165) is 37.3 Å². The number of hydrogen-bond acceptors (Lipinski definition) is 2. The van der Waals surface area contributed by atoms with Crippen LogP contribution in [0.4, 0.5) is 0 Å². The van der Waals surface area contributed by atoms with Gasteiger partial charge in [-0.25, -0.2) is 9.13 Å². The van der Waals surface area contributed by atoms with E-state index in [0.29, 0.717) is 0 Å². The highest BCUT2D eigenvalue weighted by molar-refractivity contribution is 5.66. The minimum absolute atomic E-state index is 0.603. The molecule has 0 spiro atoms. The molecule has 0 aromatic carbocycles. The van der Waals surface area contributed by atoms with Gasteiger partial charge in [0, 0.05) is 13.3 Å². The summed E-state index contributed by atoms with van der Waals surface area (Å²) in [5.41, 5.74) is 1.10. The molecule has 0 aliphatic heterocycles. The van der Waals surface area contributed by atoms with Crippen LogP contribution in [-0.4, -0.2) is 10.5 Å². The molecule has 17 heavy (non-hydrogen) atoms. The molecule has 1 heterocycles. The molecular weight excluding hydrogens is 216 g/mol. The summed E-state index contributed by atoms with van der Waals surface area (Å²) < 4.78 is 4.01. The Balaban J connectivity index is 3.14. The third-order valence-electron chi connectivity index (χ3n) is 3.19. The van der Waals surface area contributed by atoms with Crippen LogP contribution in [-0.2, 0) is 17.8 Å². The van der Waals surface area contributed by atoms with Crippen molar-refractivity contribution in [3.63, 3.8) is 0 Å². The van der Waals surface area contributed by atoms with Gasteiger partial charge in [0.2, 0.25) is 0 Å². The molecular formula is C13H22N2O2. The lowest BCUT2D eigenvalue weighted by atomic mass is 10.2. The summed E-state index contributed by atoms with van der Waals surface area (Å²) in [7, 11) is 0. The number of aliphatic carboxylic acids is 1. The molecule has 96 valence electrons. The Bertz CT molecular complexity index is 396. The van der Waals surface area contributed by atoms with Crippen molar-refractivity contribution in [3.8, 4) is 0 Å². The number of nitrogens with zero attached hydrogens (tertiary/aromatic N) is 2. The molecule has 1 rings (SSSR count). The Morgan fingerprint density at radius 2 is 2.18 bits per heavy atom. The summed E-state index contributed by atoms with van der Waals surface area (Å²) in [6.07, 6.45) is 5.00. The van der Waals surface area contributed by atoms with Crippen molar-refractivity contribution < 1.29 is 14.5 Å². The predicted molar refractivity (Wildman–Crippen MR) is 63.4 cm³/mol. The van der Waals surface area contributed by atoms with Crippen molar-refractivity contribution >= 4 is 5.97 Å². The lowest BCUT2D eigenvalue weighted by Gasteiger charge is -2.12. The minimum atomic E-state index is -1.03. The molecule has 0 bridgehead atoms. The van der Waals surface area contributed by atoms with Crippen LogP contribution in [0.15, 0.2) is 6.20 Å². The van der Waals surface area contributed by atoms with Crippen LogP contribution in [0.1, 0.15) is 51.2 Å². The van der Waals surface area contributed by atoms with Crippen LogP contribution in [0, 0.1) is 6.92 Å². The number of carbonyl (C=O) groups is 1. The summed E-state index contributed by atoms with van der Waals surface area (Å²) in [6, 6.07) is -0.603. The van der Waals surface area contributed by atoms with Gasteiger partial charge in [-0.15, -0.1) is 0 Å². The minimum Gasteiger partial charge on any atom is -0.546 e. The largest absolute Gasteiger partial charge is 0.546 e. The highest BCUT2D eigenvalue weighted by Crippen LogP contribution is 2.09. The zero-order valence-electron chi connectivity index (χ0n) is 11.2. The monoisotopic (exact) mass is 238 g/mol. The van der Waals surface area contributed by atoms with Crippen LogP contribution in [0.25, 0.3) is 0 Å². The van der Waals surface area contributed by atoms with E-state index in [4.69, 9.17) is 0 Å². The number of aryl methyl sites for hydroxylation is 1. The zero-order valence-corrected chi connectivity index (χ0v) is 11.2. The van der Waals surface area contributed by atoms with E-state index >= 15 is 0 Å². The molecule has 0 amide bonds. The van der Waals surface area contributed by atoms with Gasteiger partial charge in [0.05, 0.1) is 12.5 Å². The topological polar surface area (TPSA) is 48.9 Å². The maximum absolute atomic E-state index is 11.0. The summed E-state index contributed by atoms with van der Waals surface area (Å²) in [4.78, 5) is 11.0. The Hall–Kier alpha value is -1.32. The van der Waals surface area contributed by atoms with E-state index in [2.05, 4.69) is 18.4 Å². The van der Waals surface area contributed by atoms with Gasteiger partial charge in [0.1, 0.15) is 17.9 Å². The first-order valence-electron chi connectivity index (χ1n) is 6.33. The van der Waals surface area contributed by atoms with Gasteiger partial charge < -0.3 is 9.90 Å². The van der Waals surface area contributed by atoms with Gasteiger partial charge in [-0.1, -0.05) is 13.3 Å². The van der Waals surface area contributed by atoms with E-state index in [-0.39, 0.29) is 0 Å². The molecule has 0 aliphatic rings. The number of unbranched alkanes of at least 4 members (excludes halogenated alkanes) is 1. The molecule has 0 fully saturated rings. The first kappa shape index (κ1) is 13.7. The Morgan fingerprint density at radius 1 is 1.53 bits per heavy atom. The van der Waals surface area contributed by atoms with Gasteiger partial charge in [0.15, 0.2) is 0 Å². The summed E-state index contributed by atoms with van der Waals surface area (Å²) in [5.74, 6) is 0.0598. The SMILES string of the molecule is CCCCc1n(CC)c(C)c[n+]1C(C)C(=O)[O-]. The van der Waals surface area contributed by atoms with Crippen LogP contribution in [0.5, 0.6) is 0 Å². The fourth-order valence-electron chi connectivity index (χ4n) is 2.17. The number of carboxylic acids is 1. The second-order valence-electron chi connectivity index (χ2n) is 4.44. The third kappa shape index (κ3) is 2.87. The molecule has 1 aromatic heterocycles. The fourth-order valence-corrected chi connectivity index (χ4v) is 2.17. The number of hydrogen-bond donors (Lipinski definition) is 0. The van der Waals surface area contributed by atoms with E-state index in [9.17, 15) is 9.90 Å². The van der Waals surface area contributed by atoms with Gasteiger partial charge in [0.25, 0.3) is 5.82 Å². The predicted octanol–water partition coefficient (Wildman–Crippen LogP) is 0.757. The second kappa shape index (κ2) is 5.84. The quantitative estimate of drug-likeness (QED) is 0.687. The summed E-state index contributed by atoms with van der Waals surface area (Å²) >= 11 is 0. The van der Waals surface area contributed by atoms with Crippen molar-refractivity contribution in [2.45, 2.75) is 59.5 Å². The van der Waals surface area contributed by atoms with Crippen molar-refractivity contribution in [1.82, 2.24) is 4.57 Å². The Kier molecular flexibility index (Phi) is 4.73. The van der Waals surface area contributed by atoms with Gasteiger partial charge >= 0.3 is 0 Å². The average Bonchev–Trinajstić information content (AvgIpc) is 2.61. The van der Waals surface area contributed by atoms with Gasteiger partial charge in [-0.3, -0.25) is 0 Å². The zero-order chi connectivity index (χ0) is 13.0. The highest BCUT2D eigenvalue weighted by atomic mass is 16.4. The smallest absolute Gasteiger partial charge is 0.257 e. The molecule has 1 unspecified atom stereocenters. The molecule has 0 radical (unpaired) electrons. The molecule has 4 heteroatoms. The van der Waals surface area contributed by atoms with E-state index in [1.807, 2.05) is 17.7 Å². The normalized spacial score (nSPS) is 12.7. The molecule has 1 atom stereocenters. The molecule has 0 saturated heterocycles. The van der Waals surface area contributed by atoms with Crippen molar-refractivity contribution in [2.24, 2.45) is 0 Å². The van der Waals surface area contributed by atoms with Gasteiger partial charge in [-0.05, 0) is 20.3 Å². The lowest BCUT2D eigenvalue weighted by molar-refractivity contribution is -0.719. The standard InChI is InChI=1S/C13H22N2O2/c1-5-7-8-12-14(6-2)10(3)9-15(12)11(4)13(16)17/h9,11H,5-8H2,1-4H3. The first-order chi connectivity index (χ1) is 8.02. The first-order valence-corrected chi connectivity index (χ1v) is 6.33. The van der Waals surface area contributed by atoms with E-state index < -0.39 is 12.0 Å². The average molecular weight is 238 g/mol. The number of aromatic nitrogens is 2. The summed E-state index contributed by atoms with van der Waals surface area (Å²) in [5, 5.41) is 11.0. The van der Waals surface area contributed by atoms with Crippen molar-refractivity contribution in [3.05, 3.63) is 17.7 Å². The van der Waals surface area contributed by atoms with Crippen molar-refractivity contribution in [2.75, 3.05) is 0 Å². The van der Waals surface area contributed by atoms with Crippen LogP contribution in [0.3, 0.4) is 0 Å². The molecule has 4 nitrogen and oxygen atoms in total. The van der Waals surface area contributed by atoms with E-state index in [1.54, 1.807) is 6.92 Å². The maximum Gasteiger partial charge on any atom is 0.257 e. The maximum atomic E-state index is 11.0. The van der Waals surface area contributed by atoms with Crippen molar-refractivity contribution in [1.29, 1.82) is 0 Å². The number of imidazole rings is 1. The van der Waals surface area contributed by atoms with Gasteiger partial charge in [-0.2, -0.15) is 0 Å². The van der Waals surface area contributed by atoms with Crippen LogP contribution < -0.4 is 9.67 Å². The summed E-state index contributed by atoms with van der Waals surface area (Å²) in [6.45, 7) is 8.77. The number of carbonyl (C=O) groups excluding carboxylic acids is 1. The molecule has 0 aliphatic carbocycles. The highest BCUT2D eigenvalue weighted by Gasteiger charge is 2.23. The Morgan fingerprint density at radius 3 is 2.65 bits per heavy atom. The Labute approximate surface area is 103 Å². The van der Waals surface area contributed by atoms with Crippen LogP contribution in [0.2, 0.25) is 0 Å². The fraction of sp³-hybridized carbons (Fsp3) is 0.692. The van der Waals surface area contributed by atoms with E-state index in [1.165, 1.54) is 0 Å². The molecule has 1 aromatic rings. The van der Waals surface area contributed by atoms with Crippen LogP contribution >= 0.6 is 0 Å². The molecule has 0 saturated carbocycles. The third-order valence-corrected chi connectivity index (χ3v) is 3.19.